The number of nitrogens with one attached hydrogen (secondary N) is 2. The van der Waals surface area contributed by atoms with E-state index in [0.29, 0.717) is 23.6 Å². The normalized spacial score (nSPS) is 16.1. The van der Waals surface area contributed by atoms with Crippen molar-refractivity contribution in [2.45, 2.75) is 26.2 Å². The van der Waals surface area contributed by atoms with Gasteiger partial charge in [0.25, 0.3) is 0 Å². The molecule has 4 heteroatoms. The number of hydrogen-bond acceptors (Lipinski definition) is 3. The summed E-state index contributed by atoms with van der Waals surface area (Å²) >= 11 is 0. The van der Waals surface area contributed by atoms with Crippen LogP contribution in [0.1, 0.15) is 36.5 Å². The Balaban J connectivity index is 1.90. The topological polar surface area (TPSA) is 58.2 Å². The molecule has 1 aliphatic rings. The number of Topliss-reactive ketones (excluding diaryl/α,β-unsaturated/α-hetero) is 1. The lowest BCUT2D eigenvalue weighted by Crippen LogP contribution is -2.30. The van der Waals surface area contributed by atoms with E-state index in [1.165, 1.54) is 6.92 Å². The van der Waals surface area contributed by atoms with Crippen LogP contribution in [0.15, 0.2) is 24.3 Å². The molecular weight excluding hydrogens is 240 g/mol. The van der Waals surface area contributed by atoms with E-state index in [9.17, 15) is 9.59 Å². The fraction of sp³-hybridized carbons (Fsp3) is 0.467. The number of carbonyl (C=O) groups is 2. The first kappa shape index (κ1) is 13.7. The molecule has 0 aromatic heterocycles. The van der Waals surface area contributed by atoms with Crippen LogP contribution in [-0.2, 0) is 4.79 Å². The lowest BCUT2D eigenvalue weighted by molar-refractivity contribution is -0.117. The molecule has 0 atom stereocenters. The summed E-state index contributed by atoms with van der Waals surface area (Å²) < 4.78 is 0. The summed E-state index contributed by atoms with van der Waals surface area (Å²) in [6, 6.07) is 7.08. The van der Waals surface area contributed by atoms with Gasteiger partial charge in [-0.1, -0.05) is 12.1 Å². The first-order valence-corrected chi connectivity index (χ1v) is 6.77. The number of hydrogen-bond donors (Lipinski definition) is 2. The Morgan fingerprint density at radius 1 is 1.32 bits per heavy atom. The third-order valence-corrected chi connectivity index (χ3v) is 3.49. The molecule has 0 aliphatic carbocycles. The SMILES string of the molecule is CC(=O)c1cccc(NC(=O)CC2CCNCC2)c1. The molecule has 0 unspecified atom stereocenters. The lowest BCUT2D eigenvalue weighted by Gasteiger charge is -2.21. The molecule has 1 aromatic rings. The molecule has 0 spiro atoms. The second-order valence-corrected chi connectivity index (χ2v) is 5.08. The number of piperidine rings is 1. The largest absolute Gasteiger partial charge is 0.326 e. The van der Waals surface area contributed by atoms with Crippen LogP contribution in [0.3, 0.4) is 0 Å². The highest BCUT2D eigenvalue weighted by molar-refractivity contribution is 5.97. The second kappa shape index (κ2) is 6.48. The zero-order chi connectivity index (χ0) is 13.7. The molecule has 19 heavy (non-hydrogen) atoms. The average Bonchev–Trinajstić information content (AvgIpc) is 2.40. The van der Waals surface area contributed by atoms with Crippen molar-refractivity contribution in [3.8, 4) is 0 Å². The smallest absolute Gasteiger partial charge is 0.224 e. The first-order valence-electron chi connectivity index (χ1n) is 6.77. The van der Waals surface area contributed by atoms with Crippen molar-refractivity contribution in [3.63, 3.8) is 0 Å². The van der Waals surface area contributed by atoms with Gasteiger partial charge in [0.05, 0.1) is 0 Å². The van der Waals surface area contributed by atoms with Crippen molar-refractivity contribution in [1.29, 1.82) is 0 Å². The Labute approximate surface area is 113 Å². The quantitative estimate of drug-likeness (QED) is 0.816. The molecule has 2 N–H and O–H groups in total. The monoisotopic (exact) mass is 260 g/mol. The molecule has 102 valence electrons. The molecule has 1 aromatic carbocycles. The molecule has 4 nitrogen and oxygen atoms in total. The minimum absolute atomic E-state index is 0.00875. The van der Waals surface area contributed by atoms with Gasteiger partial charge >= 0.3 is 0 Å². The third kappa shape index (κ3) is 4.17. The van der Waals surface area contributed by atoms with E-state index in [-0.39, 0.29) is 11.7 Å². The molecule has 1 saturated heterocycles. The Kier molecular flexibility index (Phi) is 4.68. The van der Waals surface area contributed by atoms with E-state index in [1.807, 2.05) is 6.07 Å². The van der Waals surface area contributed by atoms with E-state index < -0.39 is 0 Å². The van der Waals surface area contributed by atoms with E-state index in [2.05, 4.69) is 10.6 Å². The first-order chi connectivity index (χ1) is 9.15. The second-order valence-electron chi connectivity index (χ2n) is 5.08. The number of amides is 1. The van der Waals surface area contributed by atoms with Crippen molar-refractivity contribution in [2.24, 2.45) is 5.92 Å². The highest BCUT2D eigenvalue weighted by Crippen LogP contribution is 2.17. The number of anilines is 1. The zero-order valence-electron chi connectivity index (χ0n) is 11.2. The minimum Gasteiger partial charge on any atom is -0.326 e. The van der Waals surface area contributed by atoms with Crippen molar-refractivity contribution in [2.75, 3.05) is 18.4 Å². The molecule has 0 bridgehead atoms. The molecule has 1 fully saturated rings. The molecule has 1 amide bonds. The molecule has 1 aliphatic heterocycles. The van der Waals surface area contributed by atoms with Crippen LogP contribution in [0.2, 0.25) is 0 Å². The molecule has 0 saturated carbocycles. The summed E-state index contributed by atoms with van der Waals surface area (Å²) in [5.74, 6) is 0.513. The summed E-state index contributed by atoms with van der Waals surface area (Å²) in [5, 5.41) is 6.16. The Hall–Kier alpha value is -1.68. The van der Waals surface area contributed by atoms with Crippen LogP contribution < -0.4 is 10.6 Å². The van der Waals surface area contributed by atoms with Crippen molar-refractivity contribution in [3.05, 3.63) is 29.8 Å². The van der Waals surface area contributed by atoms with E-state index >= 15 is 0 Å². The fourth-order valence-corrected chi connectivity index (χ4v) is 2.38. The summed E-state index contributed by atoms with van der Waals surface area (Å²) in [5.41, 5.74) is 1.33. The summed E-state index contributed by atoms with van der Waals surface area (Å²) in [6.45, 7) is 3.52. The third-order valence-electron chi connectivity index (χ3n) is 3.49. The molecular formula is C15H20N2O2. The van der Waals surface area contributed by atoms with E-state index in [4.69, 9.17) is 0 Å². The minimum atomic E-state index is 0.00875. The van der Waals surface area contributed by atoms with Gasteiger partial charge in [-0.25, -0.2) is 0 Å². The number of benzene rings is 1. The Morgan fingerprint density at radius 2 is 2.05 bits per heavy atom. The van der Waals surface area contributed by atoms with Crippen LogP contribution in [0.5, 0.6) is 0 Å². The van der Waals surface area contributed by atoms with Crippen LogP contribution in [0.4, 0.5) is 5.69 Å². The average molecular weight is 260 g/mol. The summed E-state index contributed by atoms with van der Waals surface area (Å²) in [4.78, 5) is 23.2. The van der Waals surface area contributed by atoms with Crippen molar-refractivity contribution >= 4 is 17.4 Å². The van der Waals surface area contributed by atoms with Gasteiger partial charge in [0.15, 0.2) is 5.78 Å². The standard InChI is InChI=1S/C15H20N2O2/c1-11(18)13-3-2-4-14(10-13)17-15(19)9-12-5-7-16-8-6-12/h2-4,10,12,16H,5-9H2,1H3,(H,17,19). The molecule has 0 radical (unpaired) electrons. The van der Waals surface area contributed by atoms with Gasteiger partial charge in [-0.3, -0.25) is 9.59 Å². The van der Waals surface area contributed by atoms with Gasteiger partial charge < -0.3 is 10.6 Å². The van der Waals surface area contributed by atoms with Gasteiger partial charge in [0.1, 0.15) is 0 Å². The lowest BCUT2D eigenvalue weighted by atomic mass is 9.94. The number of carbonyl (C=O) groups excluding carboxylic acids is 2. The molecule has 1 heterocycles. The van der Waals surface area contributed by atoms with E-state index in [0.717, 1.165) is 25.9 Å². The summed E-state index contributed by atoms with van der Waals surface area (Å²) in [6.07, 6.45) is 2.67. The zero-order valence-corrected chi connectivity index (χ0v) is 11.2. The maximum absolute atomic E-state index is 11.9. The number of ketones is 1. The Morgan fingerprint density at radius 3 is 2.74 bits per heavy atom. The molecule has 2 rings (SSSR count). The number of rotatable bonds is 4. The highest BCUT2D eigenvalue weighted by atomic mass is 16.1. The highest BCUT2D eigenvalue weighted by Gasteiger charge is 2.16. The van der Waals surface area contributed by atoms with Crippen LogP contribution in [-0.4, -0.2) is 24.8 Å². The van der Waals surface area contributed by atoms with Gasteiger partial charge in [0.2, 0.25) is 5.91 Å². The fourth-order valence-electron chi connectivity index (χ4n) is 2.38. The van der Waals surface area contributed by atoms with Gasteiger partial charge in [-0.05, 0) is 50.9 Å². The Bertz CT molecular complexity index is 465. The van der Waals surface area contributed by atoms with Gasteiger partial charge in [-0.2, -0.15) is 0 Å². The summed E-state index contributed by atoms with van der Waals surface area (Å²) in [7, 11) is 0. The van der Waals surface area contributed by atoms with Crippen LogP contribution in [0.25, 0.3) is 0 Å². The van der Waals surface area contributed by atoms with Crippen LogP contribution in [0, 0.1) is 5.92 Å². The van der Waals surface area contributed by atoms with Crippen molar-refractivity contribution in [1.82, 2.24) is 5.32 Å². The maximum atomic E-state index is 11.9. The van der Waals surface area contributed by atoms with E-state index in [1.54, 1.807) is 18.2 Å². The van der Waals surface area contributed by atoms with Crippen molar-refractivity contribution < 1.29 is 9.59 Å². The predicted molar refractivity (Wildman–Crippen MR) is 75.3 cm³/mol. The predicted octanol–water partition coefficient (Wildman–Crippen LogP) is 2.22. The van der Waals surface area contributed by atoms with Gasteiger partial charge in [-0.15, -0.1) is 0 Å². The van der Waals surface area contributed by atoms with Crippen LogP contribution >= 0.6 is 0 Å². The maximum Gasteiger partial charge on any atom is 0.224 e. The van der Waals surface area contributed by atoms with Gasteiger partial charge in [0, 0.05) is 17.7 Å².